The number of ether oxygens (including phenoxy) is 1. The summed E-state index contributed by atoms with van der Waals surface area (Å²) in [5.74, 6) is 0.636. The van der Waals surface area contributed by atoms with Gasteiger partial charge in [-0.15, -0.1) is 0 Å². The average molecular weight is 401 g/mol. The number of H-pyrrole nitrogens is 1. The maximum absolute atomic E-state index is 13.7. The first-order valence-electron chi connectivity index (χ1n) is 9.41. The van der Waals surface area contributed by atoms with E-state index in [4.69, 9.17) is 4.74 Å². The molecule has 0 spiro atoms. The van der Waals surface area contributed by atoms with Gasteiger partial charge in [-0.1, -0.05) is 54.6 Å². The molecule has 1 aliphatic rings. The molecule has 2 heterocycles. The molecule has 1 aromatic heterocycles. The molecule has 0 bridgehead atoms. The lowest BCUT2D eigenvalue weighted by molar-refractivity contribution is 0.402. The van der Waals surface area contributed by atoms with Crippen molar-refractivity contribution in [2.45, 2.75) is 17.7 Å². The molecule has 3 aromatic carbocycles. The molecule has 0 fully saturated rings. The van der Waals surface area contributed by atoms with Crippen molar-refractivity contribution in [1.29, 1.82) is 0 Å². The van der Waals surface area contributed by atoms with E-state index in [2.05, 4.69) is 4.98 Å². The first-order valence-corrected chi connectivity index (χ1v) is 10.9. The van der Waals surface area contributed by atoms with Crippen LogP contribution in [-0.2, 0) is 9.84 Å². The second-order valence-corrected chi connectivity index (χ2v) is 9.02. The van der Waals surface area contributed by atoms with Crippen LogP contribution in [0.25, 0.3) is 10.9 Å². The van der Waals surface area contributed by atoms with Crippen molar-refractivity contribution < 1.29 is 13.2 Å². The Labute approximate surface area is 169 Å². The molecule has 1 atom stereocenters. The molecule has 5 rings (SSSR count). The highest BCUT2D eigenvalue weighted by Gasteiger charge is 2.38. The fraction of sp³-hybridized carbons (Fsp3) is 0.0833. The molecule has 1 N–H and O–H groups in total. The molecule has 0 aliphatic carbocycles. The Kier molecular flexibility index (Phi) is 4.07. The van der Waals surface area contributed by atoms with Gasteiger partial charge in [0.05, 0.1) is 15.7 Å². The molecule has 0 radical (unpaired) electrons. The van der Waals surface area contributed by atoms with Gasteiger partial charge in [0.15, 0.2) is 0 Å². The maximum Gasteiger partial charge on any atom is 0.207 e. The predicted octanol–water partition coefficient (Wildman–Crippen LogP) is 5.40. The minimum Gasteiger partial charge on any atom is -0.461 e. The van der Waals surface area contributed by atoms with E-state index in [0.717, 1.165) is 22.0 Å². The third-order valence-corrected chi connectivity index (χ3v) is 7.37. The van der Waals surface area contributed by atoms with Crippen molar-refractivity contribution in [3.05, 3.63) is 107 Å². The molecule has 4 nitrogen and oxygen atoms in total. The standard InChI is InChI=1S/C24H19NO3S/c1-16-24(29(26,27)17-9-3-2-4-10-17)23(19-12-6-8-14-22(19)28-16)20-15-25-21-13-7-5-11-18(20)21/h2-15,23,25H,1H3. The second-order valence-electron chi connectivity index (χ2n) is 7.10. The van der Waals surface area contributed by atoms with Gasteiger partial charge >= 0.3 is 0 Å². The number of nitrogens with one attached hydrogen (secondary N) is 1. The predicted molar refractivity (Wildman–Crippen MR) is 114 cm³/mol. The molecule has 1 unspecified atom stereocenters. The summed E-state index contributed by atoms with van der Waals surface area (Å²) in [5.41, 5.74) is 2.74. The maximum atomic E-state index is 13.7. The van der Waals surface area contributed by atoms with E-state index in [0.29, 0.717) is 11.5 Å². The van der Waals surface area contributed by atoms with Crippen molar-refractivity contribution in [2.24, 2.45) is 0 Å². The van der Waals surface area contributed by atoms with Crippen LogP contribution in [0.2, 0.25) is 0 Å². The summed E-state index contributed by atoms with van der Waals surface area (Å²) in [6.07, 6.45) is 1.91. The van der Waals surface area contributed by atoms with Gasteiger partial charge < -0.3 is 9.72 Å². The van der Waals surface area contributed by atoms with E-state index in [1.165, 1.54) is 0 Å². The van der Waals surface area contributed by atoms with E-state index in [1.807, 2.05) is 60.8 Å². The van der Waals surface area contributed by atoms with Crippen molar-refractivity contribution in [2.75, 3.05) is 0 Å². The largest absolute Gasteiger partial charge is 0.461 e. The number of para-hydroxylation sites is 2. The van der Waals surface area contributed by atoms with E-state index in [1.54, 1.807) is 31.2 Å². The summed E-state index contributed by atoms with van der Waals surface area (Å²) in [4.78, 5) is 3.83. The summed E-state index contributed by atoms with van der Waals surface area (Å²) < 4.78 is 33.4. The third kappa shape index (κ3) is 2.77. The molecular weight excluding hydrogens is 382 g/mol. The fourth-order valence-corrected chi connectivity index (χ4v) is 5.84. The average Bonchev–Trinajstić information content (AvgIpc) is 3.17. The number of benzene rings is 3. The minimum atomic E-state index is -3.76. The number of hydrogen-bond donors (Lipinski definition) is 1. The second kappa shape index (κ2) is 6.64. The third-order valence-electron chi connectivity index (χ3n) is 5.38. The monoisotopic (exact) mass is 401 g/mol. The minimum absolute atomic E-state index is 0.266. The summed E-state index contributed by atoms with van der Waals surface area (Å²) in [5, 5.41) is 1.00. The number of hydrogen-bond acceptors (Lipinski definition) is 3. The van der Waals surface area contributed by atoms with Gasteiger partial charge in [0.25, 0.3) is 0 Å². The molecule has 5 heteroatoms. The Morgan fingerprint density at radius 1 is 0.828 bits per heavy atom. The highest BCUT2D eigenvalue weighted by Crippen LogP contribution is 2.48. The highest BCUT2D eigenvalue weighted by atomic mass is 32.2. The number of fused-ring (bicyclic) bond motifs is 2. The smallest absolute Gasteiger partial charge is 0.207 e. The molecule has 144 valence electrons. The van der Waals surface area contributed by atoms with Crippen molar-refractivity contribution in [3.8, 4) is 5.75 Å². The van der Waals surface area contributed by atoms with Crippen LogP contribution in [0.15, 0.2) is 101 Å². The first-order chi connectivity index (χ1) is 14.1. The normalized spacial score (nSPS) is 16.5. The van der Waals surface area contributed by atoms with Crippen LogP contribution in [-0.4, -0.2) is 13.4 Å². The highest BCUT2D eigenvalue weighted by molar-refractivity contribution is 7.95. The zero-order chi connectivity index (χ0) is 20.0. The molecule has 1 aliphatic heterocycles. The summed E-state index contributed by atoms with van der Waals surface area (Å²) in [6, 6.07) is 24.1. The zero-order valence-electron chi connectivity index (χ0n) is 15.8. The van der Waals surface area contributed by atoms with Crippen molar-refractivity contribution in [1.82, 2.24) is 4.98 Å². The lowest BCUT2D eigenvalue weighted by Gasteiger charge is -2.29. The molecule has 4 aromatic rings. The molecule has 29 heavy (non-hydrogen) atoms. The van der Waals surface area contributed by atoms with Crippen LogP contribution in [0.4, 0.5) is 0 Å². The summed E-state index contributed by atoms with van der Waals surface area (Å²) >= 11 is 0. The van der Waals surface area contributed by atoms with Gasteiger partial charge in [-0.25, -0.2) is 8.42 Å². The number of rotatable bonds is 3. The Hall–Kier alpha value is -3.31. The van der Waals surface area contributed by atoms with Crippen molar-refractivity contribution >= 4 is 20.7 Å². The number of allylic oxidation sites excluding steroid dienone is 2. The first kappa shape index (κ1) is 17.8. The van der Waals surface area contributed by atoms with Crippen LogP contribution in [0.5, 0.6) is 5.75 Å². The van der Waals surface area contributed by atoms with Crippen LogP contribution >= 0.6 is 0 Å². The zero-order valence-corrected chi connectivity index (χ0v) is 16.6. The molecule has 0 saturated carbocycles. The SMILES string of the molecule is CC1=C(S(=O)(=O)c2ccccc2)C(c2c[nH]c3ccccc23)c2ccccc2O1. The molecular formula is C24H19NO3S. The van der Waals surface area contributed by atoms with Gasteiger partial charge in [0.2, 0.25) is 9.84 Å². The van der Waals surface area contributed by atoms with Gasteiger partial charge in [-0.2, -0.15) is 0 Å². The van der Waals surface area contributed by atoms with Crippen LogP contribution < -0.4 is 4.74 Å². The van der Waals surface area contributed by atoms with E-state index >= 15 is 0 Å². The lowest BCUT2D eigenvalue weighted by atomic mass is 9.88. The lowest BCUT2D eigenvalue weighted by Crippen LogP contribution is -2.22. The van der Waals surface area contributed by atoms with Gasteiger partial charge in [-0.3, -0.25) is 0 Å². The van der Waals surface area contributed by atoms with E-state index < -0.39 is 15.8 Å². The Morgan fingerprint density at radius 3 is 2.34 bits per heavy atom. The van der Waals surface area contributed by atoms with Crippen molar-refractivity contribution in [3.63, 3.8) is 0 Å². The Balaban J connectivity index is 1.81. The van der Waals surface area contributed by atoms with Gasteiger partial charge in [0, 0.05) is 22.7 Å². The van der Waals surface area contributed by atoms with E-state index in [-0.39, 0.29) is 9.80 Å². The number of aromatic nitrogens is 1. The van der Waals surface area contributed by atoms with Crippen LogP contribution in [0.1, 0.15) is 24.0 Å². The Morgan fingerprint density at radius 2 is 1.52 bits per heavy atom. The summed E-state index contributed by atoms with van der Waals surface area (Å²) in [6.45, 7) is 1.73. The topological polar surface area (TPSA) is 59.2 Å². The van der Waals surface area contributed by atoms with Crippen LogP contribution in [0.3, 0.4) is 0 Å². The van der Waals surface area contributed by atoms with Gasteiger partial charge in [0.1, 0.15) is 11.5 Å². The van der Waals surface area contributed by atoms with Gasteiger partial charge in [-0.05, 0) is 36.8 Å². The number of sulfone groups is 1. The summed E-state index contributed by atoms with van der Waals surface area (Å²) in [7, 11) is -3.76. The fourth-order valence-electron chi connectivity index (χ4n) is 4.08. The van der Waals surface area contributed by atoms with Crippen LogP contribution in [0, 0.1) is 0 Å². The Bertz CT molecular complexity index is 1350. The molecule has 0 amide bonds. The molecule has 0 saturated heterocycles. The number of aromatic amines is 1. The quantitative estimate of drug-likeness (QED) is 0.500. The van der Waals surface area contributed by atoms with E-state index in [9.17, 15) is 8.42 Å².